The summed E-state index contributed by atoms with van der Waals surface area (Å²) < 4.78 is 0. The molecular weight excluding hydrogens is 388 g/mol. The van der Waals surface area contributed by atoms with Crippen molar-refractivity contribution in [2.45, 2.75) is 30.9 Å². The molecular formula is C26H22N2O3. The molecule has 0 aliphatic carbocycles. The first-order chi connectivity index (χ1) is 15.0. The molecule has 3 aliphatic rings. The van der Waals surface area contributed by atoms with Gasteiger partial charge in [0.2, 0.25) is 5.91 Å². The van der Waals surface area contributed by atoms with E-state index in [2.05, 4.69) is 19.9 Å². The summed E-state index contributed by atoms with van der Waals surface area (Å²) in [5, 5.41) is 1.85. The molecule has 3 atom stereocenters. The lowest BCUT2D eigenvalue weighted by molar-refractivity contribution is -0.126. The van der Waals surface area contributed by atoms with Gasteiger partial charge in [0.15, 0.2) is 6.10 Å². The van der Waals surface area contributed by atoms with Gasteiger partial charge in [0, 0.05) is 5.41 Å². The topological polar surface area (TPSA) is 49.9 Å². The second kappa shape index (κ2) is 6.05. The number of para-hydroxylation sites is 2. The number of benzene rings is 3. The highest BCUT2D eigenvalue weighted by Crippen LogP contribution is 2.65. The maximum absolute atomic E-state index is 14.0. The number of hydroxylamine groups is 1. The molecule has 6 rings (SSSR count). The van der Waals surface area contributed by atoms with Crippen LogP contribution in [0.25, 0.3) is 0 Å². The van der Waals surface area contributed by atoms with Gasteiger partial charge in [-0.25, -0.2) is 9.96 Å². The third-order valence-corrected chi connectivity index (χ3v) is 7.22. The van der Waals surface area contributed by atoms with Crippen LogP contribution < -0.4 is 9.96 Å². The Bertz CT molecular complexity index is 1210. The van der Waals surface area contributed by atoms with Crippen LogP contribution in [-0.4, -0.2) is 17.9 Å². The second-order valence-electron chi connectivity index (χ2n) is 8.92. The summed E-state index contributed by atoms with van der Waals surface area (Å²) in [6.45, 7) is 4.29. The molecule has 31 heavy (non-hydrogen) atoms. The van der Waals surface area contributed by atoms with Crippen molar-refractivity contribution in [3.8, 4) is 0 Å². The highest BCUT2D eigenvalue weighted by molar-refractivity contribution is 6.24. The van der Waals surface area contributed by atoms with Crippen LogP contribution >= 0.6 is 0 Å². The lowest BCUT2D eigenvalue weighted by Crippen LogP contribution is -2.56. The number of fused-ring (bicyclic) bond motifs is 5. The first-order valence-electron chi connectivity index (χ1n) is 10.5. The molecule has 0 N–H and O–H groups in total. The standard InChI is InChI=1S/C26H22N2O3/c1-25(2)19-15-9-10-16-20(19)28-26(25,17-11-5-3-6-12-17)21-22(31-28)24(30)27(23(21)29)18-13-7-4-8-14-18/h3-16,21-22H,1-2H3. The summed E-state index contributed by atoms with van der Waals surface area (Å²) in [6, 6.07) is 27.2. The first kappa shape index (κ1) is 18.3. The Kier molecular flexibility index (Phi) is 3.58. The fourth-order valence-electron chi connectivity index (χ4n) is 5.93. The molecule has 3 aromatic carbocycles. The van der Waals surface area contributed by atoms with E-state index in [0.717, 1.165) is 16.8 Å². The number of imide groups is 1. The van der Waals surface area contributed by atoms with Gasteiger partial charge in [-0.15, -0.1) is 0 Å². The normalized spacial score (nSPS) is 27.9. The summed E-state index contributed by atoms with van der Waals surface area (Å²) in [6.07, 6.45) is -0.861. The van der Waals surface area contributed by atoms with E-state index < -0.39 is 23.0 Å². The molecule has 3 aliphatic heterocycles. The zero-order chi connectivity index (χ0) is 21.4. The van der Waals surface area contributed by atoms with E-state index in [-0.39, 0.29) is 11.8 Å². The van der Waals surface area contributed by atoms with Crippen molar-refractivity contribution in [1.82, 2.24) is 0 Å². The summed E-state index contributed by atoms with van der Waals surface area (Å²) in [7, 11) is 0. The smallest absolute Gasteiger partial charge is 0.266 e. The quantitative estimate of drug-likeness (QED) is 0.595. The van der Waals surface area contributed by atoms with Crippen LogP contribution in [0.5, 0.6) is 0 Å². The molecule has 154 valence electrons. The van der Waals surface area contributed by atoms with E-state index in [1.807, 2.05) is 71.8 Å². The maximum atomic E-state index is 14.0. The van der Waals surface area contributed by atoms with E-state index >= 15 is 0 Å². The van der Waals surface area contributed by atoms with Crippen LogP contribution in [0.15, 0.2) is 84.9 Å². The molecule has 2 fully saturated rings. The molecule has 3 aromatic rings. The molecule has 0 radical (unpaired) electrons. The van der Waals surface area contributed by atoms with Crippen LogP contribution in [-0.2, 0) is 25.4 Å². The van der Waals surface area contributed by atoms with Crippen molar-refractivity contribution in [2.24, 2.45) is 5.92 Å². The van der Waals surface area contributed by atoms with Gasteiger partial charge in [-0.2, -0.15) is 0 Å². The Hall–Kier alpha value is -3.44. The third kappa shape index (κ3) is 2.04. The zero-order valence-corrected chi connectivity index (χ0v) is 17.4. The molecule has 2 saturated heterocycles. The lowest BCUT2D eigenvalue weighted by Gasteiger charge is -2.45. The largest absolute Gasteiger partial charge is 0.273 e. The van der Waals surface area contributed by atoms with Gasteiger partial charge >= 0.3 is 0 Å². The van der Waals surface area contributed by atoms with Gasteiger partial charge in [-0.3, -0.25) is 14.4 Å². The molecule has 3 unspecified atom stereocenters. The summed E-state index contributed by atoms with van der Waals surface area (Å²) in [5.74, 6) is -1.18. The zero-order valence-electron chi connectivity index (χ0n) is 17.4. The molecule has 2 amide bonds. The van der Waals surface area contributed by atoms with Crippen molar-refractivity contribution in [1.29, 1.82) is 0 Å². The van der Waals surface area contributed by atoms with E-state index in [1.54, 1.807) is 12.1 Å². The third-order valence-electron chi connectivity index (χ3n) is 7.22. The van der Waals surface area contributed by atoms with Crippen LogP contribution in [0.4, 0.5) is 11.4 Å². The number of nitrogens with zero attached hydrogens (tertiary/aromatic N) is 2. The minimum atomic E-state index is -0.861. The predicted octanol–water partition coefficient (Wildman–Crippen LogP) is 4.18. The van der Waals surface area contributed by atoms with Crippen LogP contribution in [0, 0.1) is 5.92 Å². The van der Waals surface area contributed by atoms with Crippen molar-refractivity contribution < 1.29 is 14.4 Å². The van der Waals surface area contributed by atoms with Crippen molar-refractivity contribution in [3.63, 3.8) is 0 Å². The second-order valence-corrected chi connectivity index (χ2v) is 8.92. The van der Waals surface area contributed by atoms with Gasteiger partial charge < -0.3 is 0 Å². The summed E-state index contributed by atoms with van der Waals surface area (Å²) in [4.78, 5) is 35.1. The van der Waals surface area contributed by atoms with E-state index in [1.165, 1.54) is 4.90 Å². The fraction of sp³-hybridized carbons (Fsp3) is 0.231. The maximum Gasteiger partial charge on any atom is 0.266 e. The van der Waals surface area contributed by atoms with Crippen LogP contribution in [0.3, 0.4) is 0 Å². The summed E-state index contributed by atoms with van der Waals surface area (Å²) in [5.41, 5.74) is 2.26. The lowest BCUT2D eigenvalue weighted by atomic mass is 9.60. The highest BCUT2D eigenvalue weighted by Gasteiger charge is 2.75. The molecule has 5 heteroatoms. The SMILES string of the molecule is CC1(C)c2ccccc2N2OC3C(=O)N(c4ccccc4)C(=O)C3C21c1ccccc1. The van der Waals surface area contributed by atoms with Gasteiger partial charge in [-0.1, -0.05) is 80.6 Å². The van der Waals surface area contributed by atoms with Crippen molar-refractivity contribution in [2.75, 3.05) is 9.96 Å². The number of hydrogen-bond acceptors (Lipinski definition) is 4. The number of carbonyl (C=O) groups excluding carboxylic acids is 2. The molecule has 3 heterocycles. The Morgan fingerprint density at radius 3 is 2.10 bits per heavy atom. The molecule has 0 saturated carbocycles. The predicted molar refractivity (Wildman–Crippen MR) is 117 cm³/mol. The number of rotatable bonds is 2. The first-order valence-corrected chi connectivity index (χ1v) is 10.5. The molecule has 0 spiro atoms. The number of hydrogen-bond donors (Lipinski definition) is 0. The van der Waals surface area contributed by atoms with E-state index in [0.29, 0.717) is 5.69 Å². The molecule has 0 bridgehead atoms. The average molecular weight is 410 g/mol. The average Bonchev–Trinajstić information content (AvgIpc) is 3.35. The Labute approximate surface area is 180 Å². The monoisotopic (exact) mass is 410 g/mol. The van der Waals surface area contributed by atoms with Gasteiger partial charge in [0.1, 0.15) is 11.5 Å². The molecule has 0 aromatic heterocycles. The van der Waals surface area contributed by atoms with Crippen molar-refractivity contribution in [3.05, 3.63) is 96.1 Å². The van der Waals surface area contributed by atoms with Gasteiger partial charge in [-0.05, 0) is 29.3 Å². The Morgan fingerprint density at radius 2 is 1.39 bits per heavy atom. The Balaban J connectivity index is 1.61. The Morgan fingerprint density at radius 1 is 0.774 bits per heavy atom. The number of anilines is 2. The highest BCUT2D eigenvalue weighted by atomic mass is 16.7. The van der Waals surface area contributed by atoms with Gasteiger partial charge in [0.05, 0.1) is 11.4 Å². The van der Waals surface area contributed by atoms with Crippen molar-refractivity contribution >= 4 is 23.2 Å². The minimum Gasteiger partial charge on any atom is -0.273 e. The molecule has 5 nitrogen and oxygen atoms in total. The van der Waals surface area contributed by atoms with E-state index in [4.69, 9.17) is 4.84 Å². The summed E-state index contributed by atoms with van der Waals surface area (Å²) >= 11 is 0. The van der Waals surface area contributed by atoms with Gasteiger partial charge in [0.25, 0.3) is 5.91 Å². The van der Waals surface area contributed by atoms with Crippen LogP contribution in [0.1, 0.15) is 25.0 Å². The number of amides is 2. The fourth-order valence-corrected chi connectivity index (χ4v) is 5.93. The van der Waals surface area contributed by atoms with E-state index in [9.17, 15) is 9.59 Å². The number of carbonyl (C=O) groups is 2. The van der Waals surface area contributed by atoms with Crippen LogP contribution in [0.2, 0.25) is 0 Å². The minimum absolute atomic E-state index is 0.214.